The molecule has 0 aromatic carbocycles. The van der Waals surface area contributed by atoms with E-state index in [4.69, 9.17) is 4.74 Å². The highest BCUT2D eigenvalue weighted by atomic mass is 16.5. The summed E-state index contributed by atoms with van der Waals surface area (Å²) in [6, 6.07) is 4.40. The standard InChI is InChI=1S/C16H22N4O2/c1-19(16(21)14-3-2-8-22-14)12-9-20(10-12)15-7-6-13(17-18-15)11-4-5-11/h6-7,11-12,14H,2-5,8-10H2,1H3. The Morgan fingerprint density at radius 3 is 2.68 bits per heavy atom. The molecule has 2 saturated heterocycles. The van der Waals surface area contributed by atoms with Crippen LogP contribution in [0.25, 0.3) is 0 Å². The first-order valence-corrected chi connectivity index (χ1v) is 8.19. The molecule has 2 aliphatic heterocycles. The highest BCUT2D eigenvalue weighted by Crippen LogP contribution is 2.38. The molecule has 1 aliphatic carbocycles. The monoisotopic (exact) mass is 302 g/mol. The van der Waals surface area contributed by atoms with Crippen molar-refractivity contribution in [3.05, 3.63) is 17.8 Å². The summed E-state index contributed by atoms with van der Waals surface area (Å²) in [6.45, 7) is 2.36. The van der Waals surface area contributed by atoms with Gasteiger partial charge < -0.3 is 14.5 Å². The highest BCUT2D eigenvalue weighted by molar-refractivity contribution is 5.81. The minimum Gasteiger partial charge on any atom is -0.368 e. The summed E-state index contributed by atoms with van der Waals surface area (Å²) in [5, 5.41) is 8.65. The first kappa shape index (κ1) is 13.9. The van der Waals surface area contributed by atoms with Gasteiger partial charge in [-0.05, 0) is 37.8 Å². The maximum absolute atomic E-state index is 12.3. The van der Waals surface area contributed by atoms with Crippen molar-refractivity contribution in [3.63, 3.8) is 0 Å². The van der Waals surface area contributed by atoms with Gasteiger partial charge in [-0.3, -0.25) is 4.79 Å². The Balaban J connectivity index is 1.31. The topological polar surface area (TPSA) is 58.6 Å². The van der Waals surface area contributed by atoms with Crippen molar-refractivity contribution in [1.29, 1.82) is 0 Å². The summed E-state index contributed by atoms with van der Waals surface area (Å²) in [5.41, 5.74) is 1.12. The van der Waals surface area contributed by atoms with E-state index >= 15 is 0 Å². The summed E-state index contributed by atoms with van der Waals surface area (Å²) in [7, 11) is 1.88. The Morgan fingerprint density at radius 1 is 1.27 bits per heavy atom. The molecule has 1 aromatic heterocycles. The molecule has 3 aliphatic rings. The number of ether oxygens (including phenoxy) is 1. The van der Waals surface area contributed by atoms with Crippen LogP contribution in [0.1, 0.15) is 37.3 Å². The molecule has 0 spiro atoms. The van der Waals surface area contributed by atoms with Crippen molar-refractivity contribution in [3.8, 4) is 0 Å². The molecular weight excluding hydrogens is 280 g/mol. The van der Waals surface area contributed by atoms with E-state index in [1.165, 1.54) is 12.8 Å². The van der Waals surface area contributed by atoms with Crippen LogP contribution in [0.15, 0.2) is 12.1 Å². The molecule has 6 heteroatoms. The molecule has 1 aromatic rings. The van der Waals surface area contributed by atoms with Gasteiger partial charge in [0.05, 0.1) is 11.7 Å². The maximum atomic E-state index is 12.3. The Hall–Kier alpha value is -1.69. The van der Waals surface area contributed by atoms with E-state index in [1.54, 1.807) is 0 Å². The minimum absolute atomic E-state index is 0.123. The van der Waals surface area contributed by atoms with Crippen LogP contribution in [0.2, 0.25) is 0 Å². The molecule has 3 fully saturated rings. The van der Waals surface area contributed by atoms with Crippen LogP contribution >= 0.6 is 0 Å². The lowest BCUT2D eigenvalue weighted by Gasteiger charge is -2.44. The molecule has 1 unspecified atom stereocenters. The Kier molecular flexibility index (Phi) is 3.48. The third kappa shape index (κ3) is 2.56. The van der Waals surface area contributed by atoms with Crippen LogP contribution in [-0.2, 0) is 9.53 Å². The zero-order chi connectivity index (χ0) is 15.1. The van der Waals surface area contributed by atoms with E-state index in [0.717, 1.165) is 37.4 Å². The second-order valence-electron chi connectivity index (χ2n) is 6.60. The number of amides is 1. The lowest BCUT2D eigenvalue weighted by atomic mass is 10.1. The van der Waals surface area contributed by atoms with Crippen molar-refractivity contribution >= 4 is 11.7 Å². The Labute approximate surface area is 130 Å². The highest BCUT2D eigenvalue weighted by Gasteiger charge is 2.37. The molecule has 1 saturated carbocycles. The maximum Gasteiger partial charge on any atom is 0.251 e. The number of anilines is 1. The van der Waals surface area contributed by atoms with Gasteiger partial charge in [-0.1, -0.05) is 0 Å². The van der Waals surface area contributed by atoms with E-state index in [-0.39, 0.29) is 18.1 Å². The van der Waals surface area contributed by atoms with Gasteiger partial charge in [-0.2, -0.15) is 5.10 Å². The van der Waals surface area contributed by atoms with Crippen molar-refractivity contribution in [2.75, 3.05) is 31.6 Å². The van der Waals surface area contributed by atoms with Crippen molar-refractivity contribution in [2.24, 2.45) is 0 Å². The molecule has 1 atom stereocenters. The summed E-state index contributed by atoms with van der Waals surface area (Å²) in [4.78, 5) is 16.3. The minimum atomic E-state index is -0.225. The third-order valence-electron chi connectivity index (χ3n) is 4.95. The Bertz CT molecular complexity index is 546. The third-order valence-corrected chi connectivity index (χ3v) is 4.95. The lowest BCUT2D eigenvalue weighted by Crippen LogP contribution is -2.61. The fourth-order valence-electron chi connectivity index (χ4n) is 3.17. The number of nitrogens with zero attached hydrogens (tertiary/aromatic N) is 4. The number of hydrogen-bond donors (Lipinski definition) is 0. The average molecular weight is 302 g/mol. The number of carbonyl (C=O) groups excluding carboxylic acids is 1. The quantitative estimate of drug-likeness (QED) is 0.836. The van der Waals surface area contributed by atoms with Crippen molar-refractivity contribution in [2.45, 2.75) is 43.7 Å². The molecule has 0 N–H and O–H groups in total. The smallest absolute Gasteiger partial charge is 0.251 e. The molecule has 0 bridgehead atoms. The first-order chi connectivity index (χ1) is 10.7. The van der Waals surface area contributed by atoms with E-state index in [2.05, 4.69) is 27.2 Å². The first-order valence-electron chi connectivity index (χ1n) is 8.19. The SMILES string of the molecule is CN(C(=O)C1CCCO1)C1CN(c2ccc(C3CC3)nn2)C1. The summed E-state index contributed by atoms with van der Waals surface area (Å²) < 4.78 is 5.48. The van der Waals surface area contributed by atoms with Gasteiger partial charge >= 0.3 is 0 Å². The van der Waals surface area contributed by atoms with Gasteiger partial charge in [0, 0.05) is 32.7 Å². The number of aromatic nitrogens is 2. The van der Waals surface area contributed by atoms with E-state index in [9.17, 15) is 4.79 Å². The number of hydrogen-bond acceptors (Lipinski definition) is 5. The van der Waals surface area contributed by atoms with Gasteiger partial charge in [0.1, 0.15) is 6.10 Å². The fraction of sp³-hybridized carbons (Fsp3) is 0.688. The van der Waals surface area contributed by atoms with Gasteiger partial charge in [0.2, 0.25) is 0 Å². The van der Waals surface area contributed by atoms with E-state index in [1.807, 2.05) is 11.9 Å². The molecular formula is C16H22N4O2. The molecule has 4 rings (SSSR count). The summed E-state index contributed by atoms with van der Waals surface area (Å²) in [6.07, 6.45) is 4.11. The molecule has 6 nitrogen and oxygen atoms in total. The predicted molar refractivity (Wildman–Crippen MR) is 81.8 cm³/mol. The molecule has 118 valence electrons. The zero-order valence-corrected chi connectivity index (χ0v) is 12.9. The van der Waals surface area contributed by atoms with Crippen molar-refractivity contribution < 1.29 is 9.53 Å². The largest absolute Gasteiger partial charge is 0.368 e. The van der Waals surface area contributed by atoms with Crippen molar-refractivity contribution in [1.82, 2.24) is 15.1 Å². The van der Waals surface area contributed by atoms with Gasteiger partial charge in [0.25, 0.3) is 5.91 Å². The van der Waals surface area contributed by atoms with Crippen LogP contribution in [-0.4, -0.2) is 59.9 Å². The van der Waals surface area contributed by atoms with Crippen LogP contribution in [0.3, 0.4) is 0 Å². The van der Waals surface area contributed by atoms with Gasteiger partial charge in [-0.15, -0.1) is 5.10 Å². The van der Waals surface area contributed by atoms with Crippen LogP contribution < -0.4 is 4.90 Å². The second-order valence-corrected chi connectivity index (χ2v) is 6.60. The van der Waals surface area contributed by atoms with Crippen LogP contribution in [0.4, 0.5) is 5.82 Å². The lowest BCUT2D eigenvalue weighted by molar-refractivity contribution is -0.142. The summed E-state index contributed by atoms with van der Waals surface area (Å²) in [5.74, 6) is 1.68. The molecule has 22 heavy (non-hydrogen) atoms. The van der Waals surface area contributed by atoms with Gasteiger partial charge in [-0.25, -0.2) is 0 Å². The second kappa shape index (κ2) is 5.50. The molecule has 1 amide bonds. The molecule has 0 radical (unpaired) electrons. The fourth-order valence-corrected chi connectivity index (χ4v) is 3.17. The van der Waals surface area contributed by atoms with Gasteiger partial charge in [0.15, 0.2) is 5.82 Å². The van der Waals surface area contributed by atoms with Crippen LogP contribution in [0, 0.1) is 0 Å². The number of rotatable bonds is 4. The average Bonchev–Trinajstić information content (AvgIpc) is 3.20. The van der Waals surface area contributed by atoms with E-state index < -0.39 is 0 Å². The number of carbonyl (C=O) groups is 1. The predicted octanol–water partition coefficient (Wildman–Crippen LogP) is 1.18. The van der Waals surface area contributed by atoms with E-state index in [0.29, 0.717) is 12.5 Å². The summed E-state index contributed by atoms with van der Waals surface area (Å²) >= 11 is 0. The molecule has 3 heterocycles. The van der Waals surface area contributed by atoms with Crippen LogP contribution in [0.5, 0.6) is 0 Å². The normalized spacial score (nSPS) is 25.1. The number of likely N-dealkylation sites (N-methyl/N-ethyl adjacent to an activating group) is 1. The Morgan fingerprint density at radius 2 is 2.09 bits per heavy atom. The zero-order valence-electron chi connectivity index (χ0n) is 12.9.